The van der Waals surface area contributed by atoms with Gasteiger partial charge in [-0.25, -0.2) is 0 Å². The van der Waals surface area contributed by atoms with Gasteiger partial charge in [-0.05, 0) is 48.5 Å². The van der Waals surface area contributed by atoms with Crippen LogP contribution in [-0.2, 0) is 0 Å². The van der Waals surface area contributed by atoms with Crippen LogP contribution in [0.2, 0.25) is 0 Å². The zero-order valence-corrected chi connectivity index (χ0v) is 9.17. The van der Waals surface area contributed by atoms with Crippen LogP contribution >= 0.6 is 0 Å². The van der Waals surface area contributed by atoms with Crippen LogP contribution in [-0.4, -0.2) is 6.01 Å². The molecule has 2 rings (SSSR count). The van der Waals surface area contributed by atoms with Crippen LogP contribution < -0.4 is 11.5 Å². The van der Waals surface area contributed by atoms with Gasteiger partial charge in [-0.15, -0.1) is 0 Å². The van der Waals surface area contributed by atoms with Crippen molar-refractivity contribution in [2.75, 3.05) is 11.5 Å². The predicted octanol–water partition coefficient (Wildman–Crippen LogP) is 2.99. The van der Waals surface area contributed by atoms with E-state index >= 15 is 0 Å². The van der Waals surface area contributed by atoms with Crippen molar-refractivity contribution in [2.24, 2.45) is 9.98 Å². The summed E-state index contributed by atoms with van der Waals surface area (Å²) in [6.07, 6.45) is 0. The third-order valence-electron chi connectivity index (χ3n) is 2.14. The van der Waals surface area contributed by atoms with Gasteiger partial charge >= 0.3 is 0 Å². The number of rotatable bonds is 2. The predicted molar refractivity (Wildman–Crippen MR) is 70.9 cm³/mol. The lowest BCUT2D eigenvalue weighted by atomic mass is 10.3. The zero-order chi connectivity index (χ0) is 12.1. The molecule has 0 saturated carbocycles. The molecule has 0 aliphatic rings. The van der Waals surface area contributed by atoms with E-state index in [1.807, 2.05) is 0 Å². The molecule has 0 atom stereocenters. The van der Waals surface area contributed by atoms with Gasteiger partial charge in [0.15, 0.2) is 0 Å². The Morgan fingerprint density at radius 1 is 0.647 bits per heavy atom. The Bertz CT molecular complexity index is 499. The molecule has 4 nitrogen and oxygen atoms in total. The number of hydrogen-bond acceptors (Lipinski definition) is 4. The molecule has 4 N–H and O–H groups in total. The lowest BCUT2D eigenvalue weighted by Crippen LogP contribution is -1.81. The summed E-state index contributed by atoms with van der Waals surface area (Å²) in [5.41, 5.74) is 14.1. The molecule has 0 amide bonds. The van der Waals surface area contributed by atoms with Crippen LogP contribution in [0.25, 0.3) is 0 Å². The Morgan fingerprint density at radius 2 is 1.00 bits per heavy atom. The third-order valence-corrected chi connectivity index (χ3v) is 2.14. The molecule has 2 aromatic rings. The molecule has 84 valence electrons. The van der Waals surface area contributed by atoms with Crippen molar-refractivity contribution in [3.8, 4) is 0 Å². The van der Waals surface area contributed by atoms with Crippen LogP contribution in [0.1, 0.15) is 0 Å². The highest BCUT2D eigenvalue weighted by molar-refractivity contribution is 5.60. The molecule has 17 heavy (non-hydrogen) atoms. The van der Waals surface area contributed by atoms with E-state index < -0.39 is 0 Å². The minimum absolute atomic E-state index is 0.708. The summed E-state index contributed by atoms with van der Waals surface area (Å²) in [5.74, 6) is 0. The summed E-state index contributed by atoms with van der Waals surface area (Å²) in [5, 5.41) is 0. The fourth-order valence-corrected chi connectivity index (χ4v) is 1.24. The van der Waals surface area contributed by atoms with Gasteiger partial charge in [-0.2, -0.15) is 9.98 Å². The number of nitrogens with zero attached hydrogens (tertiary/aromatic N) is 2. The van der Waals surface area contributed by atoms with E-state index in [0.29, 0.717) is 11.4 Å². The monoisotopic (exact) mass is 224 g/mol. The van der Waals surface area contributed by atoms with Crippen molar-refractivity contribution < 1.29 is 0 Å². The number of benzene rings is 2. The summed E-state index contributed by atoms with van der Waals surface area (Å²) < 4.78 is 0. The second-order valence-corrected chi connectivity index (χ2v) is 3.51. The molecular weight excluding hydrogens is 212 g/mol. The van der Waals surface area contributed by atoms with Crippen LogP contribution in [0.5, 0.6) is 0 Å². The van der Waals surface area contributed by atoms with Crippen molar-refractivity contribution in [3.63, 3.8) is 0 Å². The van der Waals surface area contributed by atoms with Gasteiger partial charge in [-0.1, -0.05) is 0 Å². The molecule has 0 heterocycles. The highest BCUT2D eigenvalue weighted by Crippen LogP contribution is 2.15. The van der Waals surface area contributed by atoms with Crippen LogP contribution in [0, 0.1) is 0 Å². The van der Waals surface area contributed by atoms with E-state index in [1.54, 1.807) is 48.5 Å². The van der Waals surface area contributed by atoms with Crippen LogP contribution in [0.3, 0.4) is 0 Å². The average Bonchev–Trinajstić information content (AvgIpc) is 2.34. The molecule has 4 heteroatoms. The topological polar surface area (TPSA) is 76.8 Å². The Hall–Kier alpha value is -2.58. The summed E-state index contributed by atoms with van der Waals surface area (Å²) in [6.45, 7) is 0. The van der Waals surface area contributed by atoms with E-state index in [9.17, 15) is 0 Å². The van der Waals surface area contributed by atoms with Crippen molar-refractivity contribution in [1.29, 1.82) is 0 Å². The lowest BCUT2D eigenvalue weighted by Gasteiger charge is -1.92. The minimum atomic E-state index is 0.708. The number of hydrogen-bond donors (Lipinski definition) is 2. The molecule has 0 aliphatic carbocycles. The standard InChI is InChI=1S/C13H12N4/c14-10-1-5-12(6-2-10)16-9-17-13-7-3-11(15)4-8-13/h1-8H,14-15H2. The largest absolute Gasteiger partial charge is 0.399 e. The summed E-state index contributed by atoms with van der Waals surface area (Å²) >= 11 is 0. The Balaban J connectivity index is 2.14. The van der Waals surface area contributed by atoms with E-state index in [-0.39, 0.29) is 0 Å². The molecule has 0 aromatic heterocycles. The quantitative estimate of drug-likeness (QED) is 0.607. The van der Waals surface area contributed by atoms with E-state index in [4.69, 9.17) is 11.5 Å². The second kappa shape index (κ2) is 4.96. The molecular formula is C13H12N4. The normalized spacial score (nSPS) is 9.41. The third kappa shape index (κ3) is 3.19. The van der Waals surface area contributed by atoms with Gasteiger partial charge in [0.2, 0.25) is 0 Å². The van der Waals surface area contributed by atoms with Crippen molar-refractivity contribution >= 4 is 28.8 Å². The maximum Gasteiger partial charge on any atom is 0.100 e. The first kappa shape index (κ1) is 10.9. The maximum atomic E-state index is 5.56. The Kier molecular flexibility index (Phi) is 3.19. The number of nitrogen functional groups attached to an aromatic ring is 2. The highest BCUT2D eigenvalue weighted by atomic mass is 14.8. The highest BCUT2D eigenvalue weighted by Gasteiger charge is 1.88. The van der Waals surface area contributed by atoms with Gasteiger partial charge in [0, 0.05) is 11.4 Å². The summed E-state index contributed by atoms with van der Waals surface area (Å²) in [7, 11) is 0. The molecule has 0 fully saturated rings. The molecule has 0 bridgehead atoms. The molecule has 0 saturated heterocycles. The summed E-state index contributed by atoms with van der Waals surface area (Å²) in [6, 6.07) is 17.0. The fraction of sp³-hybridized carbons (Fsp3) is 0. The second-order valence-electron chi connectivity index (χ2n) is 3.51. The van der Waals surface area contributed by atoms with Gasteiger partial charge in [0.05, 0.1) is 11.4 Å². The number of aliphatic imine (C=N–C) groups is 2. The van der Waals surface area contributed by atoms with Crippen molar-refractivity contribution in [2.45, 2.75) is 0 Å². The Morgan fingerprint density at radius 3 is 1.35 bits per heavy atom. The maximum absolute atomic E-state index is 5.56. The molecule has 0 spiro atoms. The van der Waals surface area contributed by atoms with Gasteiger partial charge in [-0.3, -0.25) is 0 Å². The summed E-state index contributed by atoms with van der Waals surface area (Å²) in [4.78, 5) is 8.12. The number of anilines is 2. The van der Waals surface area contributed by atoms with E-state index in [1.165, 1.54) is 0 Å². The van der Waals surface area contributed by atoms with Crippen LogP contribution in [0.4, 0.5) is 22.7 Å². The Labute approximate surface area is 99.3 Å². The minimum Gasteiger partial charge on any atom is -0.399 e. The first-order valence-corrected chi connectivity index (χ1v) is 5.11. The molecule has 0 radical (unpaired) electrons. The fourth-order valence-electron chi connectivity index (χ4n) is 1.24. The zero-order valence-electron chi connectivity index (χ0n) is 9.17. The lowest BCUT2D eigenvalue weighted by molar-refractivity contribution is 1.49. The molecule has 0 unspecified atom stereocenters. The van der Waals surface area contributed by atoms with Crippen LogP contribution in [0.15, 0.2) is 58.5 Å². The smallest absolute Gasteiger partial charge is 0.100 e. The number of nitrogens with two attached hydrogens (primary N) is 2. The average molecular weight is 224 g/mol. The molecule has 0 aliphatic heterocycles. The molecule has 2 aromatic carbocycles. The van der Waals surface area contributed by atoms with Gasteiger partial charge in [0.1, 0.15) is 6.01 Å². The van der Waals surface area contributed by atoms with Gasteiger partial charge < -0.3 is 11.5 Å². The van der Waals surface area contributed by atoms with E-state index in [2.05, 4.69) is 16.0 Å². The SMILES string of the molecule is Nc1ccc(N=C=Nc2ccc(N)cc2)cc1. The van der Waals surface area contributed by atoms with Crippen molar-refractivity contribution in [3.05, 3.63) is 48.5 Å². The van der Waals surface area contributed by atoms with E-state index in [0.717, 1.165) is 11.4 Å². The van der Waals surface area contributed by atoms with Crippen molar-refractivity contribution in [1.82, 2.24) is 0 Å². The van der Waals surface area contributed by atoms with Gasteiger partial charge in [0.25, 0.3) is 0 Å². The first-order valence-electron chi connectivity index (χ1n) is 5.11. The first-order chi connectivity index (χ1) is 8.24.